The molecule has 168 valence electrons. The molecule has 0 aliphatic carbocycles. The summed E-state index contributed by atoms with van der Waals surface area (Å²) in [5, 5.41) is -0.0408. The van der Waals surface area contributed by atoms with Gasteiger partial charge in [0.25, 0.3) is 0 Å². The minimum absolute atomic E-state index is 0.0365. The molecule has 0 radical (unpaired) electrons. The maximum Gasteiger partial charge on any atom is 0.337 e. The van der Waals surface area contributed by atoms with Crippen LogP contribution in [-0.2, 0) is 22.5 Å². The molecule has 1 aliphatic heterocycles. The fourth-order valence-electron chi connectivity index (χ4n) is 3.69. The van der Waals surface area contributed by atoms with E-state index in [-0.39, 0.29) is 35.3 Å². The van der Waals surface area contributed by atoms with Crippen LogP contribution >= 0.6 is 11.6 Å². The molecule has 1 aliphatic rings. The number of carbonyl (C=O) groups excluding carboxylic acids is 1. The van der Waals surface area contributed by atoms with Gasteiger partial charge in [0.1, 0.15) is 11.6 Å². The first-order valence-corrected chi connectivity index (χ1v) is 11.1. The van der Waals surface area contributed by atoms with Crippen LogP contribution in [0.1, 0.15) is 40.4 Å². The first-order chi connectivity index (χ1) is 14.8. The van der Waals surface area contributed by atoms with Crippen LogP contribution in [0, 0.1) is 11.6 Å². The molecule has 0 amide bonds. The zero-order chi connectivity index (χ0) is 22.5. The molecule has 31 heavy (non-hydrogen) atoms. The van der Waals surface area contributed by atoms with Crippen molar-refractivity contribution < 1.29 is 27.1 Å². The number of hydrogen-bond acceptors (Lipinski definition) is 5. The molecule has 2 aromatic rings. The van der Waals surface area contributed by atoms with Gasteiger partial charge in [-0.3, -0.25) is 9.11 Å². The molecular formula is C21H22ClF2N2O4S-. The third-order valence-electron chi connectivity index (χ3n) is 5.32. The van der Waals surface area contributed by atoms with E-state index in [1.165, 1.54) is 31.4 Å². The number of esters is 1. The molecule has 2 atom stereocenters. The zero-order valence-corrected chi connectivity index (χ0v) is 18.4. The van der Waals surface area contributed by atoms with Crippen molar-refractivity contribution in [1.82, 2.24) is 9.21 Å². The highest BCUT2D eigenvalue weighted by atomic mass is 35.5. The predicted molar refractivity (Wildman–Crippen MR) is 112 cm³/mol. The fourth-order valence-corrected chi connectivity index (χ4v) is 4.38. The predicted octanol–water partition coefficient (Wildman–Crippen LogP) is 3.84. The lowest BCUT2D eigenvalue weighted by Gasteiger charge is -2.34. The van der Waals surface area contributed by atoms with Gasteiger partial charge >= 0.3 is 5.97 Å². The average Bonchev–Trinajstić information content (AvgIpc) is 3.28. The minimum Gasteiger partial charge on any atom is -0.760 e. The number of halogens is 3. The molecular weight excluding hydrogens is 450 g/mol. The van der Waals surface area contributed by atoms with Gasteiger partial charge in [-0.15, -0.1) is 0 Å². The molecule has 6 nitrogen and oxygen atoms in total. The van der Waals surface area contributed by atoms with Crippen molar-refractivity contribution in [2.45, 2.75) is 25.4 Å². The summed E-state index contributed by atoms with van der Waals surface area (Å²) >= 11 is 3.31. The van der Waals surface area contributed by atoms with E-state index in [0.717, 1.165) is 36.3 Å². The first-order valence-electron chi connectivity index (χ1n) is 9.70. The van der Waals surface area contributed by atoms with E-state index in [0.29, 0.717) is 5.56 Å². The Balaban J connectivity index is 1.86. The van der Waals surface area contributed by atoms with Gasteiger partial charge in [0.15, 0.2) is 0 Å². The molecule has 0 saturated carbocycles. The first kappa shape index (κ1) is 23.7. The summed E-state index contributed by atoms with van der Waals surface area (Å²) in [6.45, 7) is 1.35. The van der Waals surface area contributed by atoms with Crippen molar-refractivity contribution in [3.8, 4) is 0 Å². The van der Waals surface area contributed by atoms with Gasteiger partial charge in [-0.25, -0.2) is 17.9 Å². The van der Waals surface area contributed by atoms with E-state index in [1.54, 1.807) is 6.07 Å². The van der Waals surface area contributed by atoms with Gasteiger partial charge in [0.05, 0.1) is 17.7 Å². The monoisotopic (exact) mass is 471 g/mol. The van der Waals surface area contributed by atoms with Crippen LogP contribution in [0.25, 0.3) is 0 Å². The highest BCUT2D eigenvalue weighted by Crippen LogP contribution is 2.30. The second kappa shape index (κ2) is 10.6. The molecule has 0 spiro atoms. The Morgan fingerprint density at radius 1 is 1.23 bits per heavy atom. The van der Waals surface area contributed by atoms with E-state index in [9.17, 15) is 22.3 Å². The quantitative estimate of drug-likeness (QED) is 0.432. The van der Waals surface area contributed by atoms with Crippen LogP contribution in [-0.4, -0.2) is 50.7 Å². The number of likely N-dealkylation sites (tertiary alicyclic amines) is 1. The van der Waals surface area contributed by atoms with Crippen molar-refractivity contribution in [1.29, 1.82) is 0 Å². The molecule has 1 heterocycles. The highest BCUT2D eigenvalue weighted by Gasteiger charge is 2.27. The van der Waals surface area contributed by atoms with Crippen LogP contribution in [0.4, 0.5) is 8.78 Å². The van der Waals surface area contributed by atoms with Crippen molar-refractivity contribution >= 4 is 28.8 Å². The molecule has 1 fully saturated rings. The van der Waals surface area contributed by atoms with E-state index in [4.69, 9.17) is 11.6 Å². The maximum absolute atomic E-state index is 14.5. The number of carbonyl (C=O) groups is 1. The third-order valence-corrected chi connectivity index (χ3v) is 6.31. The van der Waals surface area contributed by atoms with Crippen molar-refractivity contribution in [2.75, 3.05) is 26.7 Å². The van der Waals surface area contributed by atoms with E-state index < -0.39 is 28.9 Å². The van der Waals surface area contributed by atoms with Crippen LogP contribution < -0.4 is 0 Å². The summed E-state index contributed by atoms with van der Waals surface area (Å²) < 4.78 is 57.8. The van der Waals surface area contributed by atoms with Crippen LogP contribution in [0.2, 0.25) is 5.02 Å². The Morgan fingerprint density at radius 3 is 2.52 bits per heavy atom. The zero-order valence-electron chi connectivity index (χ0n) is 16.9. The lowest BCUT2D eigenvalue weighted by atomic mass is 10.0. The summed E-state index contributed by atoms with van der Waals surface area (Å²) in [5.74, 6) is -1.94. The standard InChI is InChI=1S/C21H23ClF2N2O4S/c1-30-21(27)15-4-5-16(19(24)11-15)12-26(31(28)29)13-20(25-8-2-3-9-25)14-6-7-18(23)17(22)10-14/h4-7,10-11,20H,2-3,8-9,12-13H2,1H3,(H,28,29)/p-1. The van der Waals surface area contributed by atoms with Crippen LogP contribution in [0.15, 0.2) is 36.4 Å². The van der Waals surface area contributed by atoms with Crippen molar-refractivity contribution in [3.63, 3.8) is 0 Å². The largest absolute Gasteiger partial charge is 0.760 e. The molecule has 0 bridgehead atoms. The number of nitrogens with zero attached hydrogens (tertiary/aromatic N) is 2. The maximum atomic E-state index is 14.5. The third kappa shape index (κ3) is 5.87. The Kier molecular flexibility index (Phi) is 8.12. The van der Waals surface area contributed by atoms with E-state index in [2.05, 4.69) is 9.64 Å². The normalized spacial score (nSPS) is 16.5. The SMILES string of the molecule is COC(=O)c1ccc(CN(CC(c2ccc(F)c(Cl)c2)N2CCCC2)S(=O)[O-])c(F)c1. The van der Waals surface area contributed by atoms with Gasteiger partial charge in [-0.05, 0) is 55.8 Å². The second-order valence-corrected chi connectivity index (χ2v) is 8.63. The minimum atomic E-state index is -2.64. The molecule has 0 N–H and O–H groups in total. The molecule has 10 heteroatoms. The number of hydrogen-bond donors (Lipinski definition) is 0. The Labute approximate surface area is 187 Å². The van der Waals surface area contributed by atoms with Gasteiger partial charge in [-0.2, -0.15) is 0 Å². The van der Waals surface area contributed by atoms with Gasteiger partial charge in [0.2, 0.25) is 0 Å². The summed E-state index contributed by atoms with van der Waals surface area (Å²) in [6.07, 6.45) is 1.94. The van der Waals surface area contributed by atoms with Crippen LogP contribution in [0.5, 0.6) is 0 Å². The van der Waals surface area contributed by atoms with Gasteiger partial charge in [-0.1, -0.05) is 23.7 Å². The molecule has 2 aromatic carbocycles. The lowest BCUT2D eigenvalue weighted by molar-refractivity contribution is 0.0600. The number of methoxy groups -OCH3 is 1. The van der Waals surface area contributed by atoms with E-state index >= 15 is 0 Å². The number of ether oxygens (including phenoxy) is 1. The van der Waals surface area contributed by atoms with Crippen molar-refractivity contribution in [2.24, 2.45) is 0 Å². The average molecular weight is 472 g/mol. The van der Waals surface area contributed by atoms with Gasteiger partial charge in [0, 0.05) is 36.0 Å². The van der Waals surface area contributed by atoms with Gasteiger partial charge < -0.3 is 9.29 Å². The summed E-state index contributed by atoms with van der Waals surface area (Å²) in [6, 6.07) is 7.74. The smallest absolute Gasteiger partial charge is 0.337 e. The number of benzene rings is 2. The highest BCUT2D eigenvalue weighted by molar-refractivity contribution is 7.76. The molecule has 0 aromatic heterocycles. The van der Waals surface area contributed by atoms with Crippen LogP contribution in [0.3, 0.4) is 0 Å². The molecule has 3 rings (SSSR count). The Bertz CT molecular complexity index is 972. The van der Waals surface area contributed by atoms with Crippen molar-refractivity contribution in [3.05, 3.63) is 69.7 Å². The molecule has 1 saturated heterocycles. The topological polar surface area (TPSA) is 72.9 Å². The number of rotatable bonds is 8. The Morgan fingerprint density at radius 2 is 1.94 bits per heavy atom. The summed E-state index contributed by atoms with van der Waals surface area (Å²) in [4.78, 5) is 13.7. The van der Waals surface area contributed by atoms with E-state index in [1.807, 2.05) is 0 Å². The summed E-state index contributed by atoms with van der Waals surface area (Å²) in [7, 11) is 1.19. The fraction of sp³-hybridized carbons (Fsp3) is 0.381. The Hall–Kier alpha value is -1.91. The lowest BCUT2D eigenvalue weighted by Crippen LogP contribution is -2.37. The second-order valence-electron chi connectivity index (χ2n) is 7.27. The molecule has 2 unspecified atom stereocenters. The summed E-state index contributed by atoms with van der Waals surface area (Å²) in [5.41, 5.74) is 0.842.